The Morgan fingerprint density at radius 2 is 2.19 bits per heavy atom. The molecule has 1 aliphatic carbocycles. The number of rotatable bonds is 6. The number of hydrogen-bond donors (Lipinski definition) is 1. The topological polar surface area (TPSA) is 47.6 Å². The Morgan fingerprint density at radius 3 is 2.86 bits per heavy atom. The fraction of sp³-hybridized carbons (Fsp3) is 0.533. The smallest absolute Gasteiger partial charge is 0.224 e. The summed E-state index contributed by atoms with van der Waals surface area (Å²) in [7, 11) is 1.56. The van der Waals surface area contributed by atoms with Gasteiger partial charge in [-0.3, -0.25) is 4.79 Å². The van der Waals surface area contributed by atoms with E-state index in [1.54, 1.807) is 7.11 Å². The van der Waals surface area contributed by atoms with Crippen molar-refractivity contribution < 1.29 is 23.0 Å². The van der Waals surface area contributed by atoms with Crippen LogP contribution in [0.25, 0.3) is 0 Å². The Morgan fingerprint density at radius 1 is 1.43 bits per heavy atom. The molecule has 0 spiro atoms. The van der Waals surface area contributed by atoms with Crippen LogP contribution in [0.4, 0.5) is 8.78 Å². The molecule has 0 heterocycles. The highest BCUT2D eigenvalue weighted by atomic mass is 19.1. The minimum Gasteiger partial charge on any atom is -0.377 e. The van der Waals surface area contributed by atoms with Crippen molar-refractivity contribution in [3.05, 3.63) is 35.4 Å². The van der Waals surface area contributed by atoms with E-state index in [4.69, 9.17) is 9.47 Å². The minimum atomic E-state index is -0.587. The summed E-state index contributed by atoms with van der Waals surface area (Å²) in [6.45, 7) is 2.48. The van der Waals surface area contributed by atoms with Crippen LogP contribution in [0.3, 0.4) is 0 Å². The molecule has 116 valence electrons. The van der Waals surface area contributed by atoms with Crippen LogP contribution in [0, 0.1) is 11.6 Å². The molecule has 3 atom stereocenters. The van der Waals surface area contributed by atoms with E-state index in [0.717, 1.165) is 18.2 Å². The lowest BCUT2D eigenvalue weighted by Gasteiger charge is -2.43. The molecule has 0 unspecified atom stereocenters. The maximum atomic E-state index is 13.5. The van der Waals surface area contributed by atoms with Gasteiger partial charge >= 0.3 is 0 Å². The van der Waals surface area contributed by atoms with Gasteiger partial charge in [0.05, 0.1) is 18.6 Å². The van der Waals surface area contributed by atoms with Gasteiger partial charge in [-0.25, -0.2) is 8.78 Å². The molecular weight excluding hydrogens is 280 g/mol. The van der Waals surface area contributed by atoms with Gasteiger partial charge in [0.1, 0.15) is 17.7 Å². The number of nitrogens with one attached hydrogen (secondary N) is 1. The third kappa shape index (κ3) is 3.77. The largest absolute Gasteiger partial charge is 0.377 e. The standard InChI is InChI=1S/C15H19F2NO3/c1-3-21-13-8-12(15(13)20-2)18-14(19)7-9-6-10(16)4-5-11(9)17/h4-6,12-13,15H,3,7-8H2,1-2H3,(H,18,19)/t12-,13+,15-/m0/s1. The highest BCUT2D eigenvalue weighted by molar-refractivity contribution is 5.79. The van der Waals surface area contributed by atoms with E-state index in [-0.39, 0.29) is 36.1 Å². The monoisotopic (exact) mass is 299 g/mol. The molecular formula is C15H19F2NO3. The number of amides is 1. The molecule has 1 saturated carbocycles. The van der Waals surface area contributed by atoms with Crippen molar-refractivity contribution >= 4 is 5.91 Å². The molecule has 1 N–H and O–H groups in total. The Hall–Kier alpha value is -1.53. The van der Waals surface area contributed by atoms with E-state index in [9.17, 15) is 13.6 Å². The van der Waals surface area contributed by atoms with Crippen molar-refractivity contribution in [2.24, 2.45) is 0 Å². The zero-order valence-electron chi connectivity index (χ0n) is 12.1. The first-order chi connectivity index (χ1) is 10.0. The van der Waals surface area contributed by atoms with Crippen LogP contribution in [0.2, 0.25) is 0 Å². The van der Waals surface area contributed by atoms with Crippen LogP contribution >= 0.6 is 0 Å². The lowest BCUT2D eigenvalue weighted by Crippen LogP contribution is -2.61. The summed E-state index contributed by atoms with van der Waals surface area (Å²) >= 11 is 0. The maximum absolute atomic E-state index is 13.5. The summed E-state index contributed by atoms with van der Waals surface area (Å²) < 4.78 is 37.3. The number of benzene rings is 1. The van der Waals surface area contributed by atoms with Gasteiger partial charge in [0.25, 0.3) is 0 Å². The van der Waals surface area contributed by atoms with Crippen LogP contribution < -0.4 is 5.32 Å². The Bertz CT molecular complexity index is 510. The van der Waals surface area contributed by atoms with Gasteiger partial charge in [-0.1, -0.05) is 0 Å². The predicted octanol–water partition coefficient (Wildman–Crippen LogP) is 1.82. The Labute approximate surface area is 122 Å². The van der Waals surface area contributed by atoms with Crippen molar-refractivity contribution in [1.82, 2.24) is 5.32 Å². The zero-order chi connectivity index (χ0) is 15.4. The first kappa shape index (κ1) is 15.9. The highest BCUT2D eigenvalue weighted by Crippen LogP contribution is 2.27. The van der Waals surface area contributed by atoms with Crippen molar-refractivity contribution in [3.8, 4) is 0 Å². The number of carbonyl (C=O) groups excluding carboxylic acids is 1. The van der Waals surface area contributed by atoms with Crippen LogP contribution in [-0.4, -0.2) is 37.9 Å². The van der Waals surface area contributed by atoms with Crippen molar-refractivity contribution in [3.63, 3.8) is 0 Å². The molecule has 4 nitrogen and oxygen atoms in total. The minimum absolute atomic E-state index is 0.0313. The maximum Gasteiger partial charge on any atom is 0.224 e. The summed E-state index contributed by atoms with van der Waals surface area (Å²) in [6, 6.07) is 2.92. The second-order valence-electron chi connectivity index (χ2n) is 5.02. The Balaban J connectivity index is 1.89. The van der Waals surface area contributed by atoms with E-state index in [1.165, 1.54) is 0 Å². The lowest BCUT2D eigenvalue weighted by atomic mass is 9.85. The molecule has 2 rings (SSSR count). The van der Waals surface area contributed by atoms with Gasteiger partial charge in [-0.05, 0) is 31.5 Å². The molecule has 0 aliphatic heterocycles. The molecule has 21 heavy (non-hydrogen) atoms. The van der Waals surface area contributed by atoms with E-state index in [2.05, 4.69) is 5.32 Å². The average Bonchev–Trinajstić information content (AvgIpc) is 2.42. The molecule has 1 fully saturated rings. The summed E-state index contributed by atoms with van der Waals surface area (Å²) in [5, 5.41) is 2.77. The van der Waals surface area contributed by atoms with Crippen LogP contribution in [0.5, 0.6) is 0 Å². The number of hydrogen-bond acceptors (Lipinski definition) is 3. The molecule has 1 aromatic rings. The van der Waals surface area contributed by atoms with E-state index >= 15 is 0 Å². The average molecular weight is 299 g/mol. The SMILES string of the molecule is CCO[C@@H]1C[C@H](NC(=O)Cc2cc(F)ccc2F)[C@@H]1OC. The quantitative estimate of drug-likeness (QED) is 0.871. The summed E-state index contributed by atoms with van der Waals surface area (Å²) in [6.07, 6.45) is 0.224. The lowest BCUT2D eigenvalue weighted by molar-refractivity contribution is -0.142. The van der Waals surface area contributed by atoms with Gasteiger partial charge in [0.2, 0.25) is 5.91 Å². The highest BCUT2D eigenvalue weighted by Gasteiger charge is 2.42. The van der Waals surface area contributed by atoms with Gasteiger partial charge in [0, 0.05) is 19.3 Å². The van der Waals surface area contributed by atoms with Crippen molar-refractivity contribution in [2.75, 3.05) is 13.7 Å². The fourth-order valence-corrected chi connectivity index (χ4v) is 2.53. The number of methoxy groups -OCH3 is 1. The van der Waals surface area contributed by atoms with E-state index < -0.39 is 11.6 Å². The second kappa shape index (κ2) is 6.95. The molecule has 0 bridgehead atoms. The van der Waals surface area contributed by atoms with Crippen LogP contribution in [0.15, 0.2) is 18.2 Å². The van der Waals surface area contributed by atoms with Gasteiger partial charge in [0.15, 0.2) is 0 Å². The number of halogens is 2. The van der Waals surface area contributed by atoms with Gasteiger partial charge < -0.3 is 14.8 Å². The number of carbonyl (C=O) groups is 1. The second-order valence-corrected chi connectivity index (χ2v) is 5.02. The first-order valence-corrected chi connectivity index (χ1v) is 6.92. The third-order valence-electron chi connectivity index (χ3n) is 3.61. The van der Waals surface area contributed by atoms with Gasteiger partial charge in [-0.15, -0.1) is 0 Å². The van der Waals surface area contributed by atoms with Crippen molar-refractivity contribution in [2.45, 2.75) is 38.0 Å². The van der Waals surface area contributed by atoms with E-state index in [0.29, 0.717) is 13.0 Å². The molecule has 0 aromatic heterocycles. The van der Waals surface area contributed by atoms with Crippen LogP contribution in [-0.2, 0) is 20.7 Å². The zero-order valence-corrected chi connectivity index (χ0v) is 12.1. The number of ether oxygens (including phenoxy) is 2. The van der Waals surface area contributed by atoms with Gasteiger partial charge in [-0.2, -0.15) is 0 Å². The third-order valence-corrected chi connectivity index (χ3v) is 3.61. The normalized spacial score (nSPS) is 24.5. The molecule has 1 aromatic carbocycles. The molecule has 1 aliphatic rings. The summed E-state index contributed by atoms with van der Waals surface area (Å²) in [5.74, 6) is -1.51. The van der Waals surface area contributed by atoms with Crippen LogP contribution in [0.1, 0.15) is 18.9 Å². The Kier molecular flexibility index (Phi) is 5.25. The molecule has 6 heteroatoms. The molecule has 0 radical (unpaired) electrons. The fourth-order valence-electron chi connectivity index (χ4n) is 2.53. The molecule has 1 amide bonds. The summed E-state index contributed by atoms with van der Waals surface area (Å²) in [5.41, 5.74) is 0.0437. The summed E-state index contributed by atoms with van der Waals surface area (Å²) in [4.78, 5) is 11.9. The molecule has 0 saturated heterocycles. The predicted molar refractivity (Wildman–Crippen MR) is 72.8 cm³/mol. The first-order valence-electron chi connectivity index (χ1n) is 6.92. The van der Waals surface area contributed by atoms with Crippen molar-refractivity contribution in [1.29, 1.82) is 0 Å². The van der Waals surface area contributed by atoms with E-state index in [1.807, 2.05) is 6.92 Å².